The largest absolute Gasteiger partial charge is 0.460 e. The Kier molecular flexibility index (Phi) is 5.35. The molecule has 0 aliphatic heterocycles. The number of benzene rings is 2. The first kappa shape index (κ1) is 19.2. The average molecular weight is 411 g/mol. The number of thioether (sulfide) groups is 1. The van der Waals surface area contributed by atoms with Gasteiger partial charge in [-0.25, -0.2) is 9.18 Å². The van der Waals surface area contributed by atoms with Crippen molar-refractivity contribution >= 4 is 28.7 Å². The first-order chi connectivity index (χ1) is 14.1. The molecule has 0 bridgehead atoms. The van der Waals surface area contributed by atoms with Crippen LogP contribution in [0, 0.1) is 5.82 Å². The predicted molar refractivity (Wildman–Crippen MR) is 108 cm³/mol. The fraction of sp³-hybridized carbons (Fsp3) is 0.190. The van der Waals surface area contributed by atoms with Crippen LogP contribution in [0.1, 0.15) is 23.0 Å². The standard InChI is InChI=1S/C21H18FN3O3S/c1-3-27-20(26)18-15(13-8-5-7-11-17(13)28-18)12-29-21-24-23-19(25(21)2)14-9-4-6-10-16(14)22/h4-11H,3,12H2,1-2H3. The van der Waals surface area contributed by atoms with Gasteiger partial charge in [0, 0.05) is 23.8 Å². The third kappa shape index (κ3) is 3.63. The average Bonchev–Trinajstić information content (AvgIpc) is 3.27. The molecule has 0 spiro atoms. The van der Waals surface area contributed by atoms with Gasteiger partial charge in [-0.1, -0.05) is 42.1 Å². The Hall–Kier alpha value is -3.13. The zero-order valence-electron chi connectivity index (χ0n) is 15.9. The minimum absolute atomic E-state index is 0.192. The van der Waals surface area contributed by atoms with Crippen molar-refractivity contribution in [3.05, 3.63) is 65.7 Å². The minimum Gasteiger partial charge on any atom is -0.460 e. The molecule has 0 atom stereocenters. The first-order valence-corrected chi connectivity index (χ1v) is 10.0. The van der Waals surface area contributed by atoms with E-state index in [0.29, 0.717) is 27.9 Å². The van der Waals surface area contributed by atoms with Gasteiger partial charge in [-0.3, -0.25) is 0 Å². The van der Waals surface area contributed by atoms with Crippen molar-refractivity contribution in [2.45, 2.75) is 17.8 Å². The number of nitrogens with zero attached hydrogens (tertiary/aromatic N) is 3. The molecule has 29 heavy (non-hydrogen) atoms. The first-order valence-electron chi connectivity index (χ1n) is 9.04. The highest BCUT2D eigenvalue weighted by atomic mass is 32.2. The van der Waals surface area contributed by atoms with Crippen LogP contribution in [-0.2, 0) is 17.5 Å². The molecular formula is C21H18FN3O3S. The SMILES string of the molecule is CCOC(=O)c1oc2ccccc2c1CSc1nnc(-c2ccccc2F)n1C. The van der Waals surface area contributed by atoms with Gasteiger partial charge in [0.1, 0.15) is 11.4 Å². The molecule has 2 heterocycles. The monoisotopic (exact) mass is 411 g/mol. The second kappa shape index (κ2) is 8.08. The summed E-state index contributed by atoms with van der Waals surface area (Å²) < 4.78 is 26.7. The number of fused-ring (bicyclic) bond motifs is 1. The van der Waals surface area contributed by atoms with Crippen LogP contribution in [0.25, 0.3) is 22.4 Å². The normalized spacial score (nSPS) is 11.1. The van der Waals surface area contributed by atoms with Crippen molar-refractivity contribution in [2.24, 2.45) is 7.05 Å². The molecule has 6 nitrogen and oxygen atoms in total. The lowest BCUT2D eigenvalue weighted by Gasteiger charge is -2.05. The molecule has 0 saturated carbocycles. The highest BCUT2D eigenvalue weighted by molar-refractivity contribution is 7.98. The maximum atomic E-state index is 14.1. The van der Waals surface area contributed by atoms with Crippen molar-refractivity contribution in [3.8, 4) is 11.4 Å². The second-order valence-electron chi connectivity index (χ2n) is 6.26. The summed E-state index contributed by atoms with van der Waals surface area (Å²) in [6.07, 6.45) is 0. The van der Waals surface area contributed by atoms with E-state index in [1.807, 2.05) is 24.3 Å². The van der Waals surface area contributed by atoms with E-state index in [1.54, 1.807) is 36.7 Å². The minimum atomic E-state index is -0.496. The third-order valence-corrected chi connectivity index (χ3v) is 5.50. The number of furan rings is 1. The van der Waals surface area contributed by atoms with Crippen molar-refractivity contribution in [2.75, 3.05) is 6.61 Å². The van der Waals surface area contributed by atoms with Crippen LogP contribution in [0.5, 0.6) is 0 Å². The van der Waals surface area contributed by atoms with Gasteiger partial charge in [0.05, 0.1) is 12.2 Å². The molecule has 0 radical (unpaired) electrons. The van der Waals surface area contributed by atoms with Crippen molar-refractivity contribution < 1.29 is 18.3 Å². The number of carbonyl (C=O) groups excluding carboxylic acids is 1. The summed E-state index contributed by atoms with van der Waals surface area (Å²) in [5.41, 5.74) is 1.74. The quantitative estimate of drug-likeness (QED) is 0.334. The van der Waals surface area contributed by atoms with Gasteiger partial charge < -0.3 is 13.7 Å². The Balaban J connectivity index is 1.65. The van der Waals surface area contributed by atoms with Crippen molar-refractivity contribution in [1.29, 1.82) is 0 Å². The molecule has 0 fully saturated rings. The zero-order chi connectivity index (χ0) is 20.4. The number of rotatable bonds is 6. The number of hydrogen-bond acceptors (Lipinski definition) is 6. The Bertz CT molecular complexity index is 1190. The number of hydrogen-bond donors (Lipinski definition) is 0. The topological polar surface area (TPSA) is 70.2 Å². The molecule has 4 rings (SSSR count). The van der Waals surface area contributed by atoms with Gasteiger partial charge >= 0.3 is 5.97 Å². The number of aromatic nitrogens is 3. The van der Waals surface area contributed by atoms with Crippen LogP contribution < -0.4 is 0 Å². The Morgan fingerprint density at radius 1 is 1.17 bits per heavy atom. The molecule has 0 aliphatic rings. The number of carbonyl (C=O) groups is 1. The van der Waals surface area contributed by atoms with Crippen molar-refractivity contribution in [3.63, 3.8) is 0 Å². The van der Waals surface area contributed by atoms with Crippen LogP contribution in [-0.4, -0.2) is 27.3 Å². The Morgan fingerprint density at radius 3 is 2.72 bits per heavy atom. The molecule has 0 saturated heterocycles. The smallest absolute Gasteiger partial charge is 0.374 e. The summed E-state index contributed by atoms with van der Waals surface area (Å²) in [6.45, 7) is 2.01. The highest BCUT2D eigenvalue weighted by Crippen LogP contribution is 2.33. The van der Waals surface area contributed by atoms with Gasteiger partial charge in [0.15, 0.2) is 11.0 Å². The van der Waals surface area contributed by atoms with Gasteiger partial charge in [0.2, 0.25) is 5.76 Å². The number of esters is 1. The molecule has 2 aromatic carbocycles. The summed E-state index contributed by atoms with van der Waals surface area (Å²) >= 11 is 1.39. The lowest BCUT2D eigenvalue weighted by atomic mass is 10.1. The van der Waals surface area contributed by atoms with E-state index in [1.165, 1.54) is 17.8 Å². The van der Waals surface area contributed by atoms with E-state index in [9.17, 15) is 9.18 Å². The maximum absolute atomic E-state index is 14.1. The fourth-order valence-corrected chi connectivity index (χ4v) is 4.00. The Labute approximate surface area is 170 Å². The fourth-order valence-electron chi connectivity index (χ4n) is 3.06. The third-order valence-electron chi connectivity index (χ3n) is 4.45. The van der Waals surface area contributed by atoms with Crippen LogP contribution in [0.4, 0.5) is 4.39 Å². The van der Waals surface area contributed by atoms with Crippen LogP contribution >= 0.6 is 11.8 Å². The summed E-state index contributed by atoms with van der Waals surface area (Å²) in [6, 6.07) is 13.9. The van der Waals surface area contributed by atoms with E-state index >= 15 is 0 Å². The van der Waals surface area contributed by atoms with Gasteiger partial charge in [-0.05, 0) is 25.1 Å². The van der Waals surface area contributed by atoms with Crippen molar-refractivity contribution in [1.82, 2.24) is 14.8 Å². The summed E-state index contributed by atoms with van der Waals surface area (Å²) in [7, 11) is 1.78. The molecule has 8 heteroatoms. The van der Waals surface area contributed by atoms with E-state index in [-0.39, 0.29) is 18.2 Å². The molecule has 0 unspecified atom stereocenters. The zero-order valence-corrected chi connectivity index (χ0v) is 16.7. The van der Waals surface area contributed by atoms with Crippen LogP contribution in [0.2, 0.25) is 0 Å². The van der Waals surface area contributed by atoms with Crippen LogP contribution in [0.3, 0.4) is 0 Å². The second-order valence-corrected chi connectivity index (χ2v) is 7.20. The number of ether oxygens (including phenoxy) is 1. The van der Waals surface area contributed by atoms with Crippen LogP contribution in [0.15, 0.2) is 58.1 Å². The molecule has 0 N–H and O–H groups in total. The molecule has 0 aliphatic carbocycles. The van der Waals surface area contributed by atoms with E-state index in [4.69, 9.17) is 9.15 Å². The predicted octanol–water partition coefficient (Wildman–Crippen LogP) is 4.84. The molecular weight excluding hydrogens is 393 g/mol. The summed E-state index contributed by atoms with van der Waals surface area (Å²) in [4.78, 5) is 12.3. The van der Waals surface area contributed by atoms with Gasteiger partial charge in [0.25, 0.3) is 0 Å². The summed E-state index contributed by atoms with van der Waals surface area (Å²) in [5, 5.41) is 9.77. The molecule has 0 amide bonds. The lowest BCUT2D eigenvalue weighted by molar-refractivity contribution is 0.0491. The van der Waals surface area contributed by atoms with E-state index in [2.05, 4.69) is 10.2 Å². The Morgan fingerprint density at radius 2 is 1.93 bits per heavy atom. The maximum Gasteiger partial charge on any atom is 0.374 e. The van der Waals surface area contributed by atoms with E-state index in [0.717, 1.165) is 10.9 Å². The van der Waals surface area contributed by atoms with Gasteiger partial charge in [-0.2, -0.15) is 0 Å². The molecule has 2 aromatic heterocycles. The molecule has 148 valence electrons. The molecule has 4 aromatic rings. The lowest BCUT2D eigenvalue weighted by Crippen LogP contribution is -2.06. The number of para-hydroxylation sites is 1. The summed E-state index contributed by atoms with van der Waals surface area (Å²) in [5.74, 6) is 0.202. The van der Waals surface area contributed by atoms with Gasteiger partial charge in [-0.15, -0.1) is 10.2 Å². The highest BCUT2D eigenvalue weighted by Gasteiger charge is 2.23. The van der Waals surface area contributed by atoms with E-state index < -0.39 is 5.97 Å². The number of halogens is 1.